The highest BCUT2D eigenvalue weighted by Crippen LogP contribution is 2.46. The van der Waals surface area contributed by atoms with Gasteiger partial charge in [-0.2, -0.15) is 0 Å². The number of rotatable bonds is 6. The van der Waals surface area contributed by atoms with Gasteiger partial charge in [-0.15, -0.1) is 0 Å². The quantitative estimate of drug-likeness (QED) is 0.470. The molecule has 2 aliphatic carbocycles. The second-order valence-electron chi connectivity index (χ2n) is 9.70. The van der Waals surface area contributed by atoms with E-state index in [0.29, 0.717) is 35.6 Å². The first-order chi connectivity index (χ1) is 16.8. The lowest BCUT2D eigenvalue weighted by Crippen LogP contribution is -2.43. The molecule has 4 rings (SSSR count). The summed E-state index contributed by atoms with van der Waals surface area (Å²) in [6, 6.07) is 7.44. The van der Waals surface area contributed by atoms with E-state index < -0.39 is 23.8 Å². The van der Waals surface area contributed by atoms with Crippen molar-refractivity contribution < 1.29 is 28.6 Å². The number of methoxy groups -OCH3 is 1. The second kappa shape index (κ2) is 10.7. The fourth-order valence-electron chi connectivity index (χ4n) is 5.61. The lowest BCUT2D eigenvalue weighted by molar-refractivity contribution is -0.151. The number of carbonyl (C=O) groups is 3. The van der Waals surface area contributed by atoms with Crippen molar-refractivity contribution in [2.45, 2.75) is 71.3 Å². The Balaban J connectivity index is 1.77. The molecule has 1 aromatic rings. The predicted octanol–water partition coefficient (Wildman–Crippen LogP) is 4.57. The summed E-state index contributed by atoms with van der Waals surface area (Å²) < 4.78 is 16.5. The topological polar surface area (TPSA) is 90.9 Å². The molecule has 3 unspecified atom stereocenters. The smallest absolute Gasteiger partial charge is 0.337 e. The van der Waals surface area contributed by atoms with Gasteiger partial charge in [-0.3, -0.25) is 9.59 Å². The zero-order valence-corrected chi connectivity index (χ0v) is 21.0. The Morgan fingerprint density at radius 2 is 1.77 bits per heavy atom. The van der Waals surface area contributed by atoms with E-state index >= 15 is 0 Å². The van der Waals surface area contributed by atoms with Crippen molar-refractivity contribution >= 4 is 17.7 Å². The van der Waals surface area contributed by atoms with Gasteiger partial charge >= 0.3 is 11.9 Å². The van der Waals surface area contributed by atoms with Gasteiger partial charge in [0.2, 0.25) is 0 Å². The number of ketones is 1. The predicted molar refractivity (Wildman–Crippen MR) is 130 cm³/mol. The van der Waals surface area contributed by atoms with Gasteiger partial charge in [-0.25, -0.2) is 4.79 Å². The Kier molecular flexibility index (Phi) is 7.63. The molecule has 35 heavy (non-hydrogen) atoms. The van der Waals surface area contributed by atoms with Gasteiger partial charge in [0, 0.05) is 22.9 Å². The van der Waals surface area contributed by atoms with Crippen LogP contribution in [0.1, 0.15) is 70.8 Å². The molecule has 1 N–H and O–H groups in total. The molecule has 1 aromatic carbocycles. The van der Waals surface area contributed by atoms with E-state index in [1.807, 2.05) is 45.0 Å². The van der Waals surface area contributed by atoms with E-state index in [9.17, 15) is 14.4 Å². The number of allylic oxidation sites excluding steroid dienone is 3. The minimum Gasteiger partial charge on any atom is -0.494 e. The van der Waals surface area contributed by atoms with Crippen LogP contribution < -0.4 is 10.1 Å². The normalized spacial score (nSPS) is 25.0. The maximum atomic E-state index is 13.8. The highest BCUT2D eigenvalue weighted by Gasteiger charge is 2.47. The number of hydrogen-bond acceptors (Lipinski definition) is 7. The van der Waals surface area contributed by atoms with Crippen molar-refractivity contribution in [1.82, 2.24) is 5.32 Å². The molecule has 0 bridgehead atoms. The lowest BCUT2D eigenvalue weighted by Gasteiger charge is -2.38. The average molecular weight is 482 g/mol. The van der Waals surface area contributed by atoms with Crippen molar-refractivity contribution in [3.8, 4) is 5.75 Å². The summed E-state index contributed by atoms with van der Waals surface area (Å²) in [4.78, 5) is 39.9. The standard InChI is InChI=1S/C28H35NO6/c1-5-34-19-13-11-18(12-14-19)24-23(28(32)35-20-9-7-6-8-10-20)17(3)29-21-15-16(2)22(27(31)33-4)26(30)25(21)24/h11-14,16,20,22,24,29H,5-10,15H2,1-4H3. The number of Topliss-reactive ketones (excluding diaryl/α,β-unsaturated/α-hetero) is 1. The average Bonchev–Trinajstić information content (AvgIpc) is 2.84. The Morgan fingerprint density at radius 3 is 2.40 bits per heavy atom. The van der Waals surface area contributed by atoms with E-state index in [2.05, 4.69) is 5.32 Å². The van der Waals surface area contributed by atoms with Crippen LogP contribution in [0.15, 0.2) is 46.8 Å². The van der Waals surface area contributed by atoms with Crippen LogP contribution in [0.2, 0.25) is 0 Å². The molecule has 188 valence electrons. The largest absolute Gasteiger partial charge is 0.494 e. The van der Waals surface area contributed by atoms with Crippen molar-refractivity contribution in [2.24, 2.45) is 11.8 Å². The molecule has 0 amide bonds. The van der Waals surface area contributed by atoms with Gasteiger partial charge in [0.15, 0.2) is 5.78 Å². The first-order valence-corrected chi connectivity index (χ1v) is 12.6. The molecule has 1 heterocycles. The maximum absolute atomic E-state index is 13.8. The molecule has 0 aromatic heterocycles. The molecule has 3 aliphatic rings. The first-order valence-electron chi connectivity index (χ1n) is 12.6. The van der Waals surface area contributed by atoms with E-state index in [0.717, 1.165) is 43.4 Å². The van der Waals surface area contributed by atoms with Crippen LogP contribution >= 0.6 is 0 Å². The highest BCUT2D eigenvalue weighted by molar-refractivity contribution is 6.12. The summed E-state index contributed by atoms with van der Waals surface area (Å²) in [6.07, 6.45) is 5.35. The molecule has 0 radical (unpaired) electrons. The fourth-order valence-corrected chi connectivity index (χ4v) is 5.61. The maximum Gasteiger partial charge on any atom is 0.337 e. The van der Waals surface area contributed by atoms with E-state index in [1.165, 1.54) is 7.11 Å². The number of ether oxygens (including phenoxy) is 3. The summed E-state index contributed by atoms with van der Waals surface area (Å²) in [5, 5.41) is 3.32. The Bertz CT molecular complexity index is 1050. The third kappa shape index (κ3) is 5.00. The Hall–Kier alpha value is -3.09. The zero-order valence-electron chi connectivity index (χ0n) is 21.0. The van der Waals surface area contributed by atoms with Crippen molar-refractivity contribution in [1.29, 1.82) is 0 Å². The third-order valence-electron chi connectivity index (χ3n) is 7.31. The molecule has 0 saturated heterocycles. The molecule has 7 heteroatoms. The van der Waals surface area contributed by atoms with Crippen molar-refractivity contribution in [3.63, 3.8) is 0 Å². The van der Waals surface area contributed by atoms with Crippen LogP contribution in [0.5, 0.6) is 5.75 Å². The number of carbonyl (C=O) groups excluding carboxylic acids is 3. The van der Waals surface area contributed by atoms with Gasteiger partial charge in [0.1, 0.15) is 17.8 Å². The molecule has 1 saturated carbocycles. The van der Waals surface area contributed by atoms with Crippen LogP contribution in [0.25, 0.3) is 0 Å². The number of hydrogen-bond donors (Lipinski definition) is 1. The van der Waals surface area contributed by atoms with Crippen LogP contribution in [-0.2, 0) is 23.9 Å². The van der Waals surface area contributed by atoms with Crippen molar-refractivity contribution in [2.75, 3.05) is 13.7 Å². The number of nitrogens with one attached hydrogen (secondary N) is 1. The Labute approximate surface area is 206 Å². The second-order valence-corrected chi connectivity index (χ2v) is 9.70. The Morgan fingerprint density at radius 1 is 1.09 bits per heavy atom. The zero-order chi connectivity index (χ0) is 25.1. The van der Waals surface area contributed by atoms with Gasteiger partial charge in [0.25, 0.3) is 0 Å². The molecule has 1 fully saturated rings. The van der Waals surface area contributed by atoms with Crippen molar-refractivity contribution in [3.05, 3.63) is 52.4 Å². The van der Waals surface area contributed by atoms with Crippen LogP contribution in [0.3, 0.4) is 0 Å². The van der Waals surface area contributed by atoms with Crippen LogP contribution in [0, 0.1) is 11.8 Å². The van der Waals surface area contributed by atoms with Gasteiger partial charge in [-0.05, 0) is 69.6 Å². The van der Waals surface area contributed by atoms with Crippen LogP contribution in [0.4, 0.5) is 0 Å². The summed E-state index contributed by atoms with van der Waals surface area (Å²) in [6.45, 7) is 6.18. The van der Waals surface area contributed by atoms with Gasteiger partial charge < -0.3 is 19.5 Å². The van der Waals surface area contributed by atoms with Gasteiger partial charge in [-0.1, -0.05) is 25.5 Å². The first kappa shape index (κ1) is 25.0. The summed E-state index contributed by atoms with van der Waals surface area (Å²) in [5.41, 5.74) is 3.09. The number of benzene rings is 1. The van der Waals surface area contributed by atoms with Crippen LogP contribution in [-0.4, -0.2) is 37.5 Å². The molecular weight excluding hydrogens is 446 g/mol. The molecule has 3 atom stereocenters. The minimum atomic E-state index is -0.903. The highest BCUT2D eigenvalue weighted by atomic mass is 16.5. The third-order valence-corrected chi connectivity index (χ3v) is 7.31. The van der Waals surface area contributed by atoms with E-state index in [1.54, 1.807) is 0 Å². The number of dihydropyridines is 1. The van der Waals surface area contributed by atoms with E-state index in [-0.39, 0.29) is 17.8 Å². The molecular formula is C28H35NO6. The molecule has 7 nitrogen and oxygen atoms in total. The summed E-state index contributed by atoms with van der Waals surface area (Å²) in [7, 11) is 1.30. The summed E-state index contributed by atoms with van der Waals surface area (Å²) in [5.74, 6) is -2.30. The monoisotopic (exact) mass is 481 g/mol. The molecule has 0 spiro atoms. The minimum absolute atomic E-state index is 0.113. The summed E-state index contributed by atoms with van der Waals surface area (Å²) >= 11 is 0. The number of esters is 2. The van der Waals surface area contributed by atoms with Gasteiger partial charge in [0.05, 0.1) is 19.3 Å². The fraction of sp³-hybridized carbons (Fsp3) is 0.536. The molecule has 1 aliphatic heterocycles. The SMILES string of the molecule is CCOc1ccc(C2C(C(=O)OC3CCCCC3)=C(C)NC3=C2C(=O)C(C(=O)OC)C(C)C3)cc1. The lowest BCUT2D eigenvalue weighted by atomic mass is 9.69. The van der Waals surface area contributed by atoms with E-state index in [4.69, 9.17) is 14.2 Å².